The first-order valence-corrected chi connectivity index (χ1v) is 7.48. The highest BCUT2D eigenvalue weighted by atomic mass is 16.1. The summed E-state index contributed by atoms with van der Waals surface area (Å²) in [6.45, 7) is 3.07. The molecule has 2 aromatic heterocycles. The molecule has 0 fully saturated rings. The third-order valence-corrected chi connectivity index (χ3v) is 3.51. The van der Waals surface area contributed by atoms with Gasteiger partial charge in [-0.3, -0.25) is 4.79 Å². The van der Waals surface area contributed by atoms with Crippen molar-refractivity contribution >= 4 is 5.91 Å². The van der Waals surface area contributed by atoms with Crippen molar-refractivity contribution in [2.75, 3.05) is 0 Å². The molecule has 3 aromatic rings. The van der Waals surface area contributed by atoms with Crippen LogP contribution in [0.5, 0.6) is 0 Å². The number of hydrogen-bond acceptors (Lipinski definition) is 4. The summed E-state index contributed by atoms with van der Waals surface area (Å²) < 4.78 is 1.73. The van der Waals surface area contributed by atoms with Crippen molar-refractivity contribution in [3.05, 3.63) is 65.5 Å². The largest absolute Gasteiger partial charge is 0.345 e. The molecule has 0 aliphatic carbocycles. The van der Waals surface area contributed by atoms with Crippen molar-refractivity contribution in [2.24, 2.45) is 0 Å². The van der Waals surface area contributed by atoms with Crippen molar-refractivity contribution < 1.29 is 4.79 Å². The average Bonchev–Trinajstić information content (AvgIpc) is 3.24. The summed E-state index contributed by atoms with van der Waals surface area (Å²) in [5, 5.41) is 10.5. The number of H-pyrrole nitrogens is 1. The third-order valence-electron chi connectivity index (χ3n) is 3.51. The number of carbonyl (C=O) groups is 1. The summed E-state index contributed by atoms with van der Waals surface area (Å²) in [6.07, 6.45) is 6.13. The van der Waals surface area contributed by atoms with Crippen molar-refractivity contribution in [2.45, 2.75) is 26.4 Å². The molecule has 2 N–H and O–H groups in total. The number of imidazole rings is 1. The van der Waals surface area contributed by atoms with E-state index >= 15 is 0 Å². The molecule has 0 spiro atoms. The molecule has 0 unspecified atom stereocenters. The fraction of sp³-hybridized carbons (Fsp3) is 0.250. The van der Waals surface area contributed by atoms with Crippen LogP contribution in [0, 0.1) is 0 Å². The van der Waals surface area contributed by atoms with Crippen LogP contribution < -0.4 is 5.32 Å². The van der Waals surface area contributed by atoms with Gasteiger partial charge in [0.15, 0.2) is 0 Å². The lowest BCUT2D eigenvalue weighted by Crippen LogP contribution is -2.23. The zero-order chi connectivity index (χ0) is 16.1. The maximum atomic E-state index is 12.1. The quantitative estimate of drug-likeness (QED) is 0.723. The maximum Gasteiger partial charge on any atom is 0.251 e. The van der Waals surface area contributed by atoms with Gasteiger partial charge in [-0.25, -0.2) is 9.67 Å². The van der Waals surface area contributed by atoms with E-state index in [4.69, 9.17) is 0 Å². The van der Waals surface area contributed by atoms with Crippen LogP contribution in [0.1, 0.15) is 34.4 Å². The van der Waals surface area contributed by atoms with Crippen LogP contribution in [0.3, 0.4) is 0 Å². The lowest BCUT2D eigenvalue weighted by Gasteiger charge is -2.05. The highest BCUT2D eigenvalue weighted by molar-refractivity contribution is 5.94. The second kappa shape index (κ2) is 6.87. The highest BCUT2D eigenvalue weighted by Gasteiger charge is 2.07. The summed E-state index contributed by atoms with van der Waals surface area (Å²) in [7, 11) is 0. The molecule has 1 aromatic carbocycles. The minimum atomic E-state index is -0.119. The van der Waals surface area contributed by atoms with Gasteiger partial charge < -0.3 is 10.3 Å². The zero-order valence-electron chi connectivity index (χ0n) is 12.9. The summed E-state index contributed by atoms with van der Waals surface area (Å²) in [4.78, 5) is 19.5. The Morgan fingerprint density at radius 2 is 2.13 bits per heavy atom. The van der Waals surface area contributed by atoms with E-state index in [9.17, 15) is 4.79 Å². The number of rotatable bonds is 6. The number of aromatic nitrogens is 5. The molecule has 7 nitrogen and oxygen atoms in total. The molecule has 0 saturated heterocycles. The summed E-state index contributed by atoms with van der Waals surface area (Å²) in [5.74, 6) is 0.643. The molecule has 2 heterocycles. The summed E-state index contributed by atoms with van der Waals surface area (Å²) in [5.41, 5.74) is 2.74. The number of amides is 1. The number of hydrogen-bond donors (Lipinski definition) is 2. The van der Waals surface area contributed by atoms with E-state index in [-0.39, 0.29) is 5.91 Å². The Morgan fingerprint density at radius 3 is 2.78 bits per heavy atom. The molecule has 1 amide bonds. The van der Waals surface area contributed by atoms with E-state index in [0.717, 1.165) is 23.5 Å². The third kappa shape index (κ3) is 3.82. The van der Waals surface area contributed by atoms with E-state index in [1.165, 1.54) is 0 Å². The number of nitrogens with zero attached hydrogens (tertiary/aromatic N) is 4. The van der Waals surface area contributed by atoms with Gasteiger partial charge in [0.25, 0.3) is 5.91 Å². The van der Waals surface area contributed by atoms with Crippen LogP contribution in [-0.4, -0.2) is 30.9 Å². The van der Waals surface area contributed by atoms with Crippen molar-refractivity contribution in [3.63, 3.8) is 0 Å². The van der Waals surface area contributed by atoms with Gasteiger partial charge in [-0.05, 0) is 24.1 Å². The van der Waals surface area contributed by atoms with Gasteiger partial charge in [-0.15, -0.1) is 5.10 Å². The van der Waals surface area contributed by atoms with Gasteiger partial charge in [0.1, 0.15) is 5.82 Å². The molecule has 0 aliphatic heterocycles. The van der Waals surface area contributed by atoms with Crippen LogP contribution in [0.25, 0.3) is 0 Å². The Bertz CT molecular complexity index is 760. The topological polar surface area (TPSA) is 88.5 Å². The Labute approximate surface area is 133 Å². The van der Waals surface area contributed by atoms with E-state index < -0.39 is 0 Å². The molecular formula is C16H18N6O. The van der Waals surface area contributed by atoms with Gasteiger partial charge in [-0.1, -0.05) is 24.3 Å². The second-order valence-corrected chi connectivity index (χ2v) is 5.19. The number of nitrogens with one attached hydrogen (secondary N) is 2. The standard InChI is InChI=1S/C16H18N6O/c1-2-14-9-17-15(20-14)10-18-16(23)13-5-3-12(4-6-13)11-22-8-7-19-21-22/h3-9H,2,10-11H2,1H3,(H,17,20)(H,18,23). The SMILES string of the molecule is CCc1cnc(CNC(=O)c2ccc(Cn3ccnn3)cc2)[nH]1. The molecule has 23 heavy (non-hydrogen) atoms. The Kier molecular flexibility index (Phi) is 4.46. The molecular weight excluding hydrogens is 292 g/mol. The molecule has 3 rings (SSSR count). The number of aromatic amines is 1. The smallest absolute Gasteiger partial charge is 0.251 e. The van der Waals surface area contributed by atoms with Crippen molar-refractivity contribution in [1.29, 1.82) is 0 Å². The van der Waals surface area contributed by atoms with Crippen LogP contribution >= 0.6 is 0 Å². The first kappa shape index (κ1) is 15.0. The molecule has 118 valence electrons. The number of benzene rings is 1. The lowest BCUT2D eigenvalue weighted by molar-refractivity contribution is 0.0950. The molecule has 0 atom stereocenters. The van der Waals surface area contributed by atoms with Gasteiger partial charge in [0.05, 0.1) is 19.3 Å². The monoisotopic (exact) mass is 310 g/mol. The van der Waals surface area contributed by atoms with Gasteiger partial charge in [-0.2, -0.15) is 0 Å². The first-order chi connectivity index (χ1) is 11.2. The fourth-order valence-corrected chi connectivity index (χ4v) is 2.21. The molecule has 7 heteroatoms. The Hall–Kier alpha value is -2.96. The average molecular weight is 310 g/mol. The minimum Gasteiger partial charge on any atom is -0.345 e. The maximum absolute atomic E-state index is 12.1. The number of carbonyl (C=O) groups excluding carboxylic acids is 1. The predicted octanol–water partition coefficient (Wildman–Crippen LogP) is 1.54. The molecule has 0 bridgehead atoms. The highest BCUT2D eigenvalue weighted by Crippen LogP contribution is 2.06. The zero-order valence-corrected chi connectivity index (χ0v) is 12.9. The van der Waals surface area contributed by atoms with Crippen LogP contribution in [0.4, 0.5) is 0 Å². The normalized spacial score (nSPS) is 10.7. The molecule has 0 radical (unpaired) electrons. The van der Waals surface area contributed by atoms with Crippen molar-refractivity contribution in [3.8, 4) is 0 Å². The van der Waals surface area contributed by atoms with Gasteiger partial charge in [0, 0.05) is 23.7 Å². The molecule has 0 saturated carbocycles. The van der Waals surface area contributed by atoms with Crippen molar-refractivity contribution in [1.82, 2.24) is 30.3 Å². The fourth-order valence-electron chi connectivity index (χ4n) is 2.21. The Morgan fingerprint density at radius 1 is 1.30 bits per heavy atom. The van der Waals surface area contributed by atoms with E-state index in [2.05, 4.69) is 32.5 Å². The summed E-state index contributed by atoms with van der Waals surface area (Å²) >= 11 is 0. The lowest BCUT2D eigenvalue weighted by atomic mass is 10.1. The van der Waals surface area contributed by atoms with Gasteiger partial charge in [0.2, 0.25) is 0 Å². The second-order valence-electron chi connectivity index (χ2n) is 5.19. The minimum absolute atomic E-state index is 0.119. The van der Waals surface area contributed by atoms with Crippen LogP contribution in [0.2, 0.25) is 0 Å². The summed E-state index contributed by atoms with van der Waals surface area (Å²) in [6, 6.07) is 7.44. The predicted molar refractivity (Wildman–Crippen MR) is 84.7 cm³/mol. The number of aryl methyl sites for hydroxylation is 1. The van der Waals surface area contributed by atoms with E-state index in [0.29, 0.717) is 18.7 Å². The van der Waals surface area contributed by atoms with E-state index in [1.807, 2.05) is 12.1 Å². The van der Waals surface area contributed by atoms with Gasteiger partial charge >= 0.3 is 0 Å². The Balaban J connectivity index is 1.56. The molecule has 0 aliphatic rings. The first-order valence-electron chi connectivity index (χ1n) is 7.48. The van der Waals surface area contributed by atoms with E-state index in [1.54, 1.807) is 35.4 Å². The van der Waals surface area contributed by atoms with Crippen LogP contribution in [-0.2, 0) is 19.5 Å². The van der Waals surface area contributed by atoms with Crippen LogP contribution in [0.15, 0.2) is 42.9 Å².